The molecule has 1 saturated carbocycles. The molecule has 4 rings (SSSR count). The third-order valence-electron chi connectivity index (χ3n) is 5.14. The average Bonchev–Trinajstić information content (AvgIpc) is 3.10. The van der Waals surface area contributed by atoms with Crippen LogP contribution >= 0.6 is 0 Å². The Morgan fingerprint density at radius 3 is 2.50 bits per heavy atom. The fourth-order valence-electron chi connectivity index (χ4n) is 3.45. The van der Waals surface area contributed by atoms with Crippen molar-refractivity contribution < 1.29 is 25.4 Å². The molecule has 0 N–H and O–H groups in total. The van der Waals surface area contributed by atoms with Crippen LogP contribution in [0.2, 0.25) is 0 Å². The van der Waals surface area contributed by atoms with Gasteiger partial charge in [0.2, 0.25) is 9.84 Å². The van der Waals surface area contributed by atoms with E-state index in [-0.39, 0.29) is 24.6 Å². The maximum Gasteiger partial charge on any atom is 0.267 e. The van der Waals surface area contributed by atoms with E-state index in [4.69, 9.17) is 4.18 Å². The molecule has 11 heteroatoms. The van der Waals surface area contributed by atoms with Crippen molar-refractivity contribution in [2.45, 2.75) is 36.6 Å². The Bertz CT molecular complexity index is 1100. The number of halogens is 1. The van der Waals surface area contributed by atoms with Crippen LogP contribution in [0, 0.1) is 5.41 Å². The highest BCUT2D eigenvalue weighted by molar-refractivity contribution is 7.91. The maximum absolute atomic E-state index is 14.5. The lowest BCUT2D eigenvalue weighted by molar-refractivity contribution is 0.256. The van der Waals surface area contributed by atoms with Gasteiger partial charge in [-0.1, -0.05) is 30.3 Å². The number of alkyl halides is 1. The van der Waals surface area contributed by atoms with E-state index >= 15 is 0 Å². The van der Waals surface area contributed by atoms with E-state index in [9.17, 15) is 21.2 Å². The molecule has 0 amide bonds. The lowest BCUT2D eigenvalue weighted by Crippen LogP contribution is -2.24. The Kier molecular flexibility index (Phi) is 4.59. The van der Waals surface area contributed by atoms with Crippen LogP contribution in [-0.4, -0.2) is 50.2 Å². The molecule has 1 aliphatic heterocycles. The minimum absolute atomic E-state index is 0.00432. The van der Waals surface area contributed by atoms with E-state index in [1.807, 2.05) is 30.3 Å². The van der Waals surface area contributed by atoms with Crippen LogP contribution < -0.4 is 0 Å². The third-order valence-corrected chi connectivity index (χ3v) is 7.41. The van der Waals surface area contributed by atoms with Crippen molar-refractivity contribution in [3.63, 3.8) is 0 Å². The van der Waals surface area contributed by atoms with Crippen LogP contribution in [0.4, 0.5) is 4.39 Å². The third kappa shape index (κ3) is 3.83. The van der Waals surface area contributed by atoms with Crippen molar-refractivity contribution in [1.29, 1.82) is 0 Å². The van der Waals surface area contributed by atoms with Crippen molar-refractivity contribution >= 4 is 20.0 Å². The number of hydrogen-bond donors (Lipinski definition) is 0. The summed E-state index contributed by atoms with van der Waals surface area (Å²) in [5.41, 5.74) is 0.0731. The lowest BCUT2D eigenvalue weighted by Gasteiger charge is -2.14. The second-order valence-electron chi connectivity index (χ2n) is 7.55. The van der Waals surface area contributed by atoms with E-state index in [2.05, 4.69) is 10.1 Å². The van der Waals surface area contributed by atoms with Gasteiger partial charge in [-0.3, -0.25) is 4.18 Å². The summed E-state index contributed by atoms with van der Waals surface area (Å²) in [5, 5.41) is 3.69. The molecule has 0 radical (unpaired) electrons. The predicted molar refractivity (Wildman–Crippen MR) is 97.6 cm³/mol. The molecule has 0 bridgehead atoms. The first kappa shape index (κ1) is 19.5. The fraction of sp³-hybridized carbons (Fsp3) is 0.529. The minimum atomic E-state index is -3.91. The Morgan fingerprint density at radius 2 is 1.89 bits per heavy atom. The maximum atomic E-state index is 14.5. The molecule has 8 nitrogen and oxygen atoms in total. The van der Waals surface area contributed by atoms with Crippen LogP contribution in [0.5, 0.6) is 0 Å². The number of hydrogen-bond acceptors (Lipinski definition) is 7. The zero-order valence-corrected chi connectivity index (χ0v) is 16.8. The Balaban J connectivity index is 1.58. The number of rotatable bonds is 7. The largest absolute Gasteiger partial charge is 0.270 e. The monoisotopic (exact) mass is 429 g/mol. The van der Waals surface area contributed by atoms with Gasteiger partial charge in [0.1, 0.15) is 0 Å². The summed E-state index contributed by atoms with van der Waals surface area (Å²) in [6.07, 6.45) is 0.752. The SMILES string of the molecule is CS(=O)(=O)OCC1(CS(=O)(=O)c2nc3n(n2)[C@H](c2ccccc2)C[C@@H]3F)CC1. The molecule has 2 aromatic rings. The summed E-state index contributed by atoms with van der Waals surface area (Å²) >= 11 is 0. The first-order chi connectivity index (χ1) is 13.1. The molecule has 1 fully saturated rings. The van der Waals surface area contributed by atoms with Crippen molar-refractivity contribution in [1.82, 2.24) is 14.8 Å². The van der Waals surface area contributed by atoms with Crippen LogP contribution in [0.15, 0.2) is 35.5 Å². The molecular weight excluding hydrogens is 409 g/mol. The van der Waals surface area contributed by atoms with Crippen LogP contribution in [0.1, 0.15) is 42.9 Å². The lowest BCUT2D eigenvalue weighted by atomic mass is 10.0. The Morgan fingerprint density at radius 1 is 1.21 bits per heavy atom. The van der Waals surface area contributed by atoms with E-state index < -0.39 is 42.7 Å². The van der Waals surface area contributed by atoms with Crippen molar-refractivity contribution in [2.24, 2.45) is 5.41 Å². The zero-order valence-electron chi connectivity index (χ0n) is 15.2. The predicted octanol–water partition coefficient (Wildman–Crippen LogP) is 1.81. The van der Waals surface area contributed by atoms with Crippen LogP contribution in [-0.2, 0) is 24.1 Å². The van der Waals surface area contributed by atoms with Gasteiger partial charge in [0, 0.05) is 11.8 Å². The van der Waals surface area contributed by atoms with E-state index in [0.717, 1.165) is 11.8 Å². The Hall–Kier alpha value is -1.85. The fourth-order valence-corrected chi connectivity index (χ4v) is 5.67. The molecule has 0 spiro atoms. The number of fused-ring (bicyclic) bond motifs is 1. The standard InChI is InChI=1S/C17H20FN3O5S2/c1-27(22,23)26-10-17(7-8-17)11-28(24,25)16-19-15-13(18)9-14(21(15)20-16)12-5-3-2-4-6-12/h2-6,13-14H,7-11H2,1H3/t13-,14-/m0/s1. The number of sulfone groups is 1. The van der Waals surface area contributed by atoms with Crippen LogP contribution in [0.3, 0.4) is 0 Å². The second-order valence-corrected chi connectivity index (χ2v) is 11.1. The van der Waals surface area contributed by atoms with Gasteiger partial charge in [-0.25, -0.2) is 17.5 Å². The van der Waals surface area contributed by atoms with Crippen LogP contribution in [0.25, 0.3) is 0 Å². The summed E-state index contributed by atoms with van der Waals surface area (Å²) in [6, 6.07) is 8.76. The molecule has 2 aliphatic rings. The summed E-state index contributed by atoms with van der Waals surface area (Å²) in [7, 11) is -7.57. The van der Waals surface area contributed by atoms with Gasteiger partial charge in [-0.15, -0.1) is 5.10 Å². The summed E-state index contributed by atoms with van der Waals surface area (Å²) < 4.78 is 68.6. The van der Waals surface area contributed by atoms with E-state index in [1.54, 1.807) is 0 Å². The Labute approximate surface area is 162 Å². The molecule has 2 heterocycles. The van der Waals surface area contributed by atoms with Gasteiger partial charge >= 0.3 is 0 Å². The molecule has 1 aromatic carbocycles. The highest BCUT2D eigenvalue weighted by Gasteiger charge is 2.49. The van der Waals surface area contributed by atoms with Gasteiger partial charge in [-0.2, -0.15) is 13.4 Å². The molecule has 28 heavy (non-hydrogen) atoms. The summed E-state index contributed by atoms with van der Waals surface area (Å²) in [6.45, 7) is -0.197. The molecular formula is C17H20FN3O5S2. The van der Waals surface area contributed by atoms with Gasteiger partial charge in [0.25, 0.3) is 15.3 Å². The van der Waals surface area contributed by atoms with Gasteiger partial charge in [0.05, 0.1) is 24.7 Å². The molecule has 2 atom stereocenters. The molecule has 0 unspecified atom stereocenters. The van der Waals surface area contributed by atoms with Crippen molar-refractivity contribution in [3.05, 3.63) is 41.7 Å². The minimum Gasteiger partial charge on any atom is -0.270 e. The number of benzene rings is 1. The number of nitrogens with zero attached hydrogens (tertiary/aromatic N) is 3. The summed E-state index contributed by atoms with van der Waals surface area (Å²) in [5.74, 6) is -0.323. The first-order valence-corrected chi connectivity index (χ1v) is 12.3. The molecule has 1 aliphatic carbocycles. The average molecular weight is 429 g/mol. The topological polar surface area (TPSA) is 108 Å². The van der Waals surface area contributed by atoms with Gasteiger partial charge < -0.3 is 0 Å². The second kappa shape index (κ2) is 6.60. The first-order valence-electron chi connectivity index (χ1n) is 8.81. The van der Waals surface area contributed by atoms with Gasteiger partial charge in [-0.05, 0) is 18.4 Å². The van der Waals surface area contributed by atoms with Crippen molar-refractivity contribution in [2.75, 3.05) is 18.6 Å². The smallest absolute Gasteiger partial charge is 0.267 e. The zero-order chi connectivity index (χ0) is 20.2. The van der Waals surface area contributed by atoms with Gasteiger partial charge in [0.15, 0.2) is 12.0 Å². The van der Waals surface area contributed by atoms with Crippen molar-refractivity contribution in [3.8, 4) is 0 Å². The number of aromatic nitrogens is 3. The highest BCUT2D eigenvalue weighted by Crippen LogP contribution is 2.48. The highest BCUT2D eigenvalue weighted by atomic mass is 32.2. The quantitative estimate of drug-likeness (QED) is 0.618. The molecule has 0 saturated heterocycles. The molecule has 1 aromatic heterocycles. The summed E-state index contributed by atoms with van der Waals surface area (Å²) in [4.78, 5) is 3.97. The molecule has 152 valence electrons. The normalized spacial score (nSPS) is 23.5. The van der Waals surface area contributed by atoms with E-state index in [1.165, 1.54) is 4.68 Å². The van der Waals surface area contributed by atoms with E-state index in [0.29, 0.717) is 12.8 Å².